The lowest BCUT2D eigenvalue weighted by Gasteiger charge is -2.08. The molecule has 1 aromatic carbocycles. The maximum atomic E-state index is 13.9. The molecule has 0 aliphatic carbocycles. The van der Waals surface area contributed by atoms with Gasteiger partial charge < -0.3 is 10.5 Å². The van der Waals surface area contributed by atoms with Crippen LogP contribution < -0.4 is 15.9 Å². The van der Waals surface area contributed by atoms with Crippen LogP contribution in [0.3, 0.4) is 0 Å². The van der Waals surface area contributed by atoms with Crippen molar-refractivity contribution < 1.29 is 9.13 Å². The molecule has 0 fully saturated rings. The first kappa shape index (κ1) is 12.5. The van der Waals surface area contributed by atoms with E-state index in [2.05, 4.69) is 9.97 Å². The summed E-state index contributed by atoms with van der Waals surface area (Å²) in [7, 11) is 7.38. The highest BCUT2D eigenvalue weighted by Crippen LogP contribution is 2.27. The van der Waals surface area contributed by atoms with E-state index >= 15 is 0 Å². The fourth-order valence-electron chi connectivity index (χ4n) is 2.12. The number of benzene rings is 1. The zero-order chi connectivity index (χ0) is 14.3. The lowest BCUT2D eigenvalue weighted by Crippen LogP contribution is -2.07. The fraction of sp³-hybridized carbons (Fsp3) is 0.0769. The summed E-state index contributed by atoms with van der Waals surface area (Å²) >= 11 is 0. The van der Waals surface area contributed by atoms with Crippen LogP contribution in [0.15, 0.2) is 30.6 Å². The van der Waals surface area contributed by atoms with Gasteiger partial charge in [0.15, 0.2) is 11.6 Å². The Morgan fingerprint density at radius 2 is 2.20 bits per heavy atom. The number of rotatable bonds is 2. The Hall–Kier alpha value is -2.57. The summed E-state index contributed by atoms with van der Waals surface area (Å²) in [4.78, 5) is 7.53. The van der Waals surface area contributed by atoms with Crippen molar-refractivity contribution in [3.8, 4) is 11.6 Å². The van der Waals surface area contributed by atoms with Gasteiger partial charge in [-0.25, -0.2) is 9.37 Å². The van der Waals surface area contributed by atoms with Gasteiger partial charge in [0.25, 0.3) is 0 Å². The molecule has 7 heteroatoms. The highest BCUT2D eigenvalue weighted by Gasteiger charge is 2.13. The molecule has 5 nitrogen and oxygen atoms in total. The van der Waals surface area contributed by atoms with Gasteiger partial charge in [-0.3, -0.25) is 4.57 Å². The summed E-state index contributed by atoms with van der Waals surface area (Å²) in [6.45, 7) is 0. The van der Waals surface area contributed by atoms with E-state index in [1.807, 2.05) is 0 Å². The van der Waals surface area contributed by atoms with E-state index in [1.165, 1.54) is 0 Å². The largest absolute Gasteiger partial charge is 0.496 e. The molecule has 0 unspecified atom stereocenters. The molecule has 2 radical (unpaired) electrons. The molecule has 20 heavy (non-hydrogen) atoms. The lowest BCUT2D eigenvalue weighted by atomic mass is 9.95. The number of halogens is 1. The number of hydrogen-bond acceptors (Lipinski definition) is 4. The second kappa shape index (κ2) is 4.52. The Kier molecular flexibility index (Phi) is 2.82. The number of nitrogens with two attached hydrogens (primary N) is 1. The van der Waals surface area contributed by atoms with Crippen molar-refractivity contribution in [2.75, 3.05) is 12.8 Å². The molecular weight excluding hydrogens is 258 g/mol. The van der Waals surface area contributed by atoms with Gasteiger partial charge in [0.05, 0.1) is 18.8 Å². The zero-order valence-corrected chi connectivity index (χ0v) is 10.7. The van der Waals surface area contributed by atoms with Crippen LogP contribution in [0.5, 0.6) is 5.75 Å². The molecular formula is C13H10BFN4O. The summed E-state index contributed by atoms with van der Waals surface area (Å²) in [6.07, 6.45) is 2.71. The number of aromatic nitrogens is 3. The van der Waals surface area contributed by atoms with Crippen molar-refractivity contribution in [2.24, 2.45) is 0 Å². The summed E-state index contributed by atoms with van der Waals surface area (Å²) < 4.78 is 20.7. The van der Waals surface area contributed by atoms with Crippen LogP contribution in [-0.4, -0.2) is 29.5 Å². The number of hydrogen-bond donors (Lipinski definition) is 1. The van der Waals surface area contributed by atoms with Gasteiger partial charge in [-0.05, 0) is 18.2 Å². The topological polar surface area (TPSA) is 66.0 Å². The van der Waals surface area contributed by atoms with Crippen LogP contribution in [0.1, 0.15) is 0 Å². The maximum absolute atomic E-state index is 13.9. The molecule has 0 aliphatic rings. The van der Waals surface area contributed by atoms with E-state index in [0.717, 1.165) is 11.6 Å². The third-order valence-corrected chi connectivity index (χ3v) is 2.98. The van der Waals surface area contributed by atoms with Crippen molar-refractivity contribution >= 4 is 30.2 Å². The highest BCUT2D eigenvalue weighted by atomic mass is 19.1. The molecule has 3 rings (SSSR count). The van der Waals surface area contributed by atoms with E-state index in [1.54, 1.807) is 36.1 Å². The van der Waals surface area contributed by atoms with Crippen LogP contribution in [0.25, 0.3) is 16.7 Å². The summed E-state index contributed by atoms with van der Waals surface area (Å²) in [5.74, 6) is 0.110. The minimum atomic E-state index is -0.571. The van der Waals surface area contributed by atoms with Crippen LogP contribution in [0.4, 0.5) is 10.3 Å². The Balaban J connectivity index is 2.32. The summed E-state index contributed by atoms with van der Waals surface area (Å²) in [6, 6.07) is 5.22. The first-order valence-electron chi connectivity index (χ1n) is 5.83. The fourth-order valence-corrected chi connectivity index (χ4v) is 2.12. The molecule has 2 aromatic heterocycles. The molecule has 0 atom stereocenters. The Bertz CT molecular complexity index is 802. The predicted octanol–water partition coefficient (Wildman–Crippen LogP) is 0.944. The van der Waals surface area contributed by atoms with Crippen molar-refractivity contribution in [3.05, 3.63) is 36.4 Å². The Morgan fingerprint density at radius 1 is 1.40 bits per heavy atom. The predicted molar refractivity (Wildman–Crippen MR) is 75.2 cm³/mol. The van der Waals surface area contributed by atoms with Crippen LogP contribution >= 0.6 is 0 Å². The van der Waals surface area contributed by atoms with Gasteiger partial charge in [-0.2, -0.15) is 4.98 Å². The second-order valence-corrected chi connectivity index (χ2v) is 4.24. The molecule has 0 spiro atoms. The monoisotopic (exact) mass is 268 g/mol. The molecule has 98 valence electrons. The molecule has 0 amide bonds. The van der Waals surface area contributed by atoms with Crippen LogP contribution in [-0.2, 0) is 0 Å². The first-order valence-corrected chi connectivity index (χ1v) is 5.83. The van der Waals surface area contributed by atoms with Crippen molar-refractivity contribution in [1.29, 1.82) is 0 Å². The molecule has 0 aliphatic heterocycles. The number of nitrogen functional groups attached to an aromatic ring is 1. The van der Waals surface area contributed by atoms with Crippen molar-refractivity contribution in [3.63, 3.8) is 0 Å². The third-order valence-electron chi connectivity index (χ3n) is 2.98. The van der Waals surface area contributed by atoms with Gasteiger partial charge in [0, 0.05) is 11.6 Å². The SMILES string of the molecule is [B]c1cc(OC)c2ccn(-c3nc(N)ncc3F)c2c1. The van der Waals surface area contributed by atoms with Gasteiger partial charge in [0.1, 0.15) is 13.6 Å². The summed E-state index contributed by atoms with van der Waals surface area (Å²) in [5, 5.41) is 0.804. The number of fused-ring (bicyclic) bond motifs is 1. The molecule has 2 N–H and O–H groups in total. The lowest BCUT2D eigenvalue weighted by molar-refractivity contribution is 0.420. The summed E-state index contributed by atoms with van der Waals surface area (Å²) in [5.41, 5.74) is 6.70. The van der Waals surface area contributed by atoms with Gasteiger partial charge in [0.2, 0.25) is 5.95 Å². The second-order valence-electron chi connectivity index (χ2n) is 4.24. The number of methoxy groups -OCH3 is 1. The van der Waals surface area contributed by atoms with Gasteiger partial charge in [-0.1, -0.05) is 5.46 Å². The van der Waals surface area contributed by atoms with Gasteiger partial charge >= 0.3 is 0 Å². The number of nitrogens with zero attached hydrogens (tertiary/aromatic N) is 3. The normalized spacial score (nSPS) is 10.9. The minimum Gasteiger partial charge on any atom is -0.496 e. The van der Waals surface area contributed by atoms with E-state index in [4.69, 9.17) is 18.3 Å². The number of anilines is 1. The van der Waals surface area contributed by atoms with Gasteiger partial charge in [-0.15, -0.1) is 0 Å². The highest BCUT2D eigenvalue weighted by molar-refractivity contribution is 6.33. The average molecular weight is 268 g/mol. The standard InChI is InChI=1S/C13H10BFN4O/c1-20-11-5-7(14)4-10-8(11)2-3-19(10)12-9(15)6-17-13(16)18-12/h2-6H,1H3,(H2,16,17,18). The van der Waals surface area contributed by atoms with Crippen molar-refractivity contribution in [1.82, 2.24) is 14.5 Å². The first-order chi connectivity index (χ1) is 9.60. The molecule has 0 saturated heterocycles. The Labute approximate surface area is 115 Å². The quantitative estimate of drug-likeness (QED) is 0.702. The van der Waals surface area contributed by atoms with Crippen molar-refractivity contribution in [2.45, 2.75) is 0 Å². The average Bonchev–Trinajstić information content (AvgIpc) is 2.84. The maximum Gasteiger partial charge on any atom is 0.222 e. The van der Waals surface area contributed by atoms with E-state index in [9.17, 15) is 4.39 Å². The molecule has 3 aromatic rings. The number of ether oxygens (including phenoxy) is 1. The third kappa shape index (κ3) is 1.87. The zero-order valence-electron chi connectivity index (χ0n) is 10.7. The minimum absolute atomic E-state index is 0.000817. The van der Waals surface area contributed by atoms with E-state index in [0.29, 0.717) is 16.7 Å². The molecule has 0 bridgehead atoms. The smallest absolute Gasteiger partial charge is 0.222 e. The van der Waals surface area contributed by atoms with Crippen LogP contribution in [0.2, 0.25) is 0 Å². The van der Waals surface area contributed by atoms with E-state index < -0.39 is 5.82 Å². The molecule has 2 heterocycles. The Morgan fingerprint density at radius 3 is 2.95 bits per heavy atom. The van der Waals surface area contributed by atoms with E-state index in [-0.39, 0.29) is 11.8 Å². The van der Waals surface area contributed by atoms with Crippen LogP contribution in [0, 0.1) is 5.82 Å². The molecule has 0 saturated carbocycles.